The highest BCUT2D eigenvalue weighted by atomic mass is 79.9. The number of aliphatic hydroxyl groups is 1. The van der Waals surface area contributed by atoms with Gasteiger partial charge in [0, 0.05) is 4.47 Å². The Kier molecular flexibility index (Phi) is 5.31. The highest BCUT2D eigenvalue weighted by Crippen LogP contribution is 2.24. The van der Waals surface area contributed by atoms with Crippen molar-refractivity contribution in [3.05, 3.63) is 34.1 Å². The van der Waals surface area contributed by atoms with E-state index in [-0.39, 0.29) is 6.61 Å². The number of nitrogens with one attached hydrogen (secondary N) is 1. The van der Waals surface area contributed by atoms with Crippen LogP contribution >= 0.6 is 15.9 Å². The first-order valence-corrected chi connectivity index (χ1v) is 6.57. The molecule has 0 aromatic heterocycles. The number of benzene rings is 1. The Labute approximate surface area is 120 Å². The molecule has 0 saturated heterocycles. The fourth-order valence-corrected chi connectivity index (χ4v) is 2.08. The van der Waals surface area contributed by atoms with Crippen molar-refractivity contribution in [2.45, 2.75) is 32.4 Å². The van der Waals surface area contributed by atoms with E-state index in [0.717, 1.165) is 0 Å². The maximum absolute atomic E-state index is 13.0. The summed E-state index contributed by atoms with van der Waals surface area (Å²) in [6, 6.07) is 3.37. The molecule has 2 N–H and O–H groups in total. The second kappa shape index (κ2) is 6.34. The average Bonchev–Trinajstić information content (AvgIpc) is 2.24. The van der Waals surface area contributed by atoms with Gasteiger partial charge in [-0.3, -0.25) is 0 Å². The lowest BCUT2D eigenvalue weighted by Crippen LogP contribution is -2.36. The summed E-state index contributed by atoms with van der Waals surface area (Å²) in [4.78, 5) is 11.6. The Hall–Kier alpha value is -1.14. The van der Waals surface area contributed by atoms with Crippen LogP contribution in [0.5, 0.6) is 0 Å². The molecule has 1 amide bonds. The normalized spacial score (nSPS) is 12.9. The van der Waals surface area contributed by atoms with Gasteiger partial charge in [0.1, 0.15) is 11.4 Å². The van der Waals surface area contributed by atoms with Crippen LogP contribution in [0.4, 0.5) is 9.18 Å². The number of alkyl carbamates (subject to hydrolysis) is 1. The van der Waals surface area contributed by atoms with Crippen LogP contribution < -0.4 is 5.32 Å². The highest BCUT2D eigenvalue weighted by molar-refractivity contribution is 9.10. The number of ether oxygens (including phenoxy) is 1. The molecule has 0 aliphatic carbocycles. The molecule has 1 aromatic rings. The lowest BCUT2D eigenvalue weighted by molar-refractivity contribution is 0.0481. The molecule has 0 aliphatic heterocycles. The zero-order chi connectivity index (χ0) is 14.6. The lowest BCUT2D eigenvalue weighted by Gasteiger charge is -2.23. The molecule has 0 saturated carbocycles. The van der Waals surface area contributed by atoms with Gasteiger partial charge in [0.05, 0.1) is 12.6 Å². The number of aliphatic hydroxyl groups excluding tert-OH is 1. The number of amides is 1. The van der Waals surface area contributed by atoms with Crippen molar-refractivity contribution in [1.82, 2.24) is 5.32 Å². The Balaban J connectivity index is 2.81. The van der Waals surface area contributed by atoms with E-state index >= 15 is 0 Å². The number of hydrogen-bond donors (Lipinski definition) is 2. The van der Waals surface area contributed by atoms with Gasteiger partial charge in [-0.2, -0.15) is 0 Å². The van der Waals surface area contributed by atoms with Gasteiger partial charge in [-0.15, -0.1) is 0 Å². The summed E-state index contributed by atoms with van der Waals surface area (Å²) in [6.07, 6.45) is -0.636. The Morgan fingerprint density at radius 2 is 2.16 bits per heavy atom. The molecular formula is C13H17BrFNO3. The fraction of sp³-hybridized carbons (Fsp3) is 0.462. The molecule has 1 aromatic carbocycles. The number of rotatable bonds is 3. The molecular weight excluding hydrogens is 317 g/mol. The second-order valence-electron chi connectivity index (χ2n) is 5.05. The predicted octanol–water partition coefficient (Wildman–Crippen LogP) is 3.15. The van der Waals surface area contributed by atoms with Gasteiger partial charge in [0.15, 0.2) is 0 Å². The summed E-state index contributed by atoms with van der Waals surface area (Å²) in [5, 5.41) is 11.9. The molecule has 19 heavy (non-hydrogen) atoms. The summed E-state index contributed by atoms with van der Waals surface area (Å²) in [5.74, 6) is -0.399. The molecule has 1 atom stereocenters. The van der Waals surface area contributed by atoms with Crippen LogP contribution in [0.15, 0.2) is 22.7 Å². The van der Waals surface area contributed by atoms with E-state index in [1.54, 1.807) is 20.8 Å². The van der Waals surface area contributed by atoms with E-state index in [0.29, 0.717) is 10.0 Å². The largest absolute Gasteiger partial charge is 0.444 e. The number of carbonyl (C=O) groups is 1. The van der Waals surface area contributed by atoms with Crippen LogP contribution in [0, 0.1) is 5.82 Å². The van der Waals surface area contributed by atoms with Gasteiger partial charge in [-0.05, 0) is 38.5 Å². The van der Waals surface area contributed by atoms with Gasteiger partial charge in [0.25, 0.3) is 0 Å². The van der Waals surface area contributed by atoms with E-state index in [2.05, 4.69) is 21.2 Å². The molecule has 1 rings (SSSR count). The standard InChI is InChI=1S/C13H17BrFNO3/c1-13(2,3)19-12(18)16-11(7-17)9-5-4-8(15)6-10(9)14/h4-6,11,17H,7H2,1-3H3,(H,16,18). The molecule has 0 spiro atoms. The first-order chi connectivity index (χ1) is 8.73. The zero-order valence-electron chi connectivity index (χ0n) is 11.0. The molecule has 0 fully saturated rings. The maximum Gasteiger partial charge on any atom is 0.408 e. The third kappa shape index (κ3) is 5.16. The van der Waals surface area contributed by atoms with E-state index < -0.39 is 23.6 Å². The molecule has 106 valence electrons. The van der Waals surface area contributed by atoms with Crippen molar-refractivity contribution in [3.8, 4) is 0 Å². The molecule has 0 radical (unpaired) electrons. The molecule has 1 unspecified atom stereocenters. The minimum absolute atomic E-state index is 0.316. The summed E-state index contributed by atoms with van der Waals surface area (Å²) in [7, 11) is 0. The SMILES string of the molecule is CC(C)(C)OC(=O)NC(CO)c1ccc(F)cc1Br. The van der Waals surface area contributed by atoms with Crippen molar-refractivity contribution < 1.29 is 19.0 Å². The Morgan fingerprint density at radius 3 is 2.63 bits per heavy atom. The minimum atomic E-state index is -0.662. The first kappa shape index (κ1) is 15.9. The van der Waals surface area contributed by atoms with Gasteiger partial charge in [-0.1, -0.05) is 22.0 Å². The minimum Gasteiger partial charge on any atom is -0.444 e. The molecule has 0 bridgehead atoms. The fourth-order valence-electron chi connectivity index (χ4n) is 1.46. The molecule has 4 nitrogen and oxygen atoms in total. The van der Waals surface area contributed by atoms with Crippen LogP contribution in [0.1, 0.15) is 32.4 Å². The number of carbonyl (C=O) groups excluding carboxylic acids is 1. The Morgan fingerprint density at radius 1 is 1.53 bits per heavy atom. The highest BCUT2D eigenvalue weighted by Gasteiger charge is 2.21. The molecule has 0 heterocycles. The van der Waals surface area contributed by atoms with E-state index in [9.17, 15) is 14.3 Å². The molecule has 6 heteroatoms. The summed E-state index contributed by atoms with van der Waals surface area (Å²) < 4.78 is 18.6. The van der Waals surface area contributed by atoms with Crippen molar-refractivity contribution in [3.63, 3.8) is 0 Å². The summed E-state index contributed by atoms with van der Waals surface area (Å²) in [6.45, 7) is 4.92. The van der Waals surface area contributed by atoms with Gasteiger partial charge >= 0.3 is 6.09 Å². The van der Waals surface area contributed by atoms with E-state index in [1.807, 2.05) is 0 Å². The predicted molar refractivity (Wildman–Crippen MR) is 73.3 cm³/mol. The van der Waals surface area contributed by atoms with Crippen LogP contribution in [0.25, 0.3) is 0 Å². The monoisotopic (exact) mass is 333 g/mol. The van der Waals surface area contributed by atoms with Crippen molar-refractivity contribution in [2.24, 2.45) is 0 Å². The van der Waals surface area contributed by atoms with Crippen LogP contribution in [-0.2, 0) is 4.74 Å². The van der Waals surface area contributed by atoms with Gasteiger partial charge < -0.3 is 15.2 Å². The van der Waals surface area contributed by atoms with Gasteiger partial charge in [-0.25, -0.2) is 9.18 Å². The van der Waals surface area contributed by atoms with E-state index in [4.69, 9.17) is 4.74 Å². The van der Waals surface area contributed by atoms with Crippen molar-refractivity contribution >= 4 is 22.0 Å². The third-order valence-electron chi connectivity index (χ3n) is 2.21. The third-order valence-corrected chi connectivity index (χ3v) is 2.90. The maximum atomic E-state index is 13.0. The average molecular weight is 334 g/mol. The summed E-state index contributed by atoms with van der Waals surface area (Å²) in [5.41, 5.74) is -0.0424. The van der Waals surface area contributed by atoms with Crippen LogP contribution in [-0.4, -0.2) is 23.4 Å². The number of hydrogen-bond acceptors (Lipinski definition) is 3. The smallest absolute Gasteiger partial charge is 0.408 e. The second-order valence-corrected chi connectivity index (χ2v) is 5.90. The number of halogens is 2. The Bertz CT molecular complexity index is 460. The lowest BCUT2D eigenvalue weighted by atomic mass is 10.1. The zero-order valence-corrected chi connectivity index (χ0v) is 12.6. The van der Waals surface area contributed by atoms with E-state index in [1.165, 1.54) is 18.2 Å². The quantitative estimate of drug-likeness (QED) is 0.893. The topological polar surface area (TPSA) is 58.6 Å². The van der Waals surface area contributed by atoms with Crippen LogP contribution in [0.2, 0.25) is 0 Å². The van der Waals surface area contributed by atoms with Gasteiger partial charge in [0.2, 0.25) is 0 Å². The molecule has 0 aliphatic rings. The van der Waals surface area contributed by atoms with Crippen molar-refractivity contribution in [1.29, 1.82) is 0 Å². The first-order valence-electron chi connectivity index (χ1n) is 5.78. The van der Waals surface area contributed by atoms with Crippen LogP contribution in [0.3, 0.4) is 0 Å². The summed E-state index contributed by atoms with van der Waals surface area (Å²) >= 11 is 3.20. The van der Waals surface area contributed by atoms with Crippen molar-refractivity contribution in [2.75, 3.05) is 6.61 Å².